The number of hydrogen-bond donors (Lipinski definition) is 2. The topological polar surface area (TPSA) is 66.5 Å². The molecule has 0 saturated carbocycles. The molecule has 4 rings (SSSR count). The van der Waals surface area contributed by atoms with Gasteiger partial charge in [-0.15, -0.1) is 0 Å². The van der Waals surface area contributed by atoms with E-state index in [2.05, 4.69) is 25.5 Å². The molecular formula is C18H16FN5. The van der Waals surface area contributed by atoms with Gasteiger partial charge >= 0.3 is 0 Å². The molecule has 0 radical (unpaired) electrons. The van der Waals surface area contributed by atoms with Crippen molar-refractivity contribution in [3.63, 3.8) is 0 Å². The first-order valence-electron chi connectivity index (χ1n) is 7.67. The van der Waals surface area contributed by atoms with Gasteiger partial charge in [-0.05, 0) is 49.6 Å². The molecule has 120 valence electrons. The zero-order valence-electron chi connectivity index (χ0n) is 13.3. The zero-order valence-corrected chi connectivity index (χ0v) is 13.3. The van der Waals surface area contributed by atoms with E-state index >= 15 is 0 Å². The third kappa shape index (κ3) is 2.46. The molecule has 0 aliphatic rings. The predicted molar refractivity (Wildman–Crippen MR) is 93.0 cm³/mol. The van der Waals surface area contributed by atoms with Crippen LogP contribution in [0.2, 0.25) is 0 Å². The highest BCUT2D eigenvalue weighted by Gasteiger charge is 2.23. The number of aromatic amines is 1. The number of fused-ring (bicyclic) bond motifs is 2. The maximum Gasteiger partial charge on any atom is 0.183 e. The molecule has 0 unspecified atom stereocenters. The number of nitrogens with zero attached hydrogens (tertiary/aromatic N) is 3. The molecule has 0 aliphatic heterocycles. The van der Waals surface area contributed by atoms with Crippen molar-refractivity contribution in [3.8, 4) is 0 Å². The summed E-state index contributed by atoms with van der Waals surface area (Å²) in [6.45, 7) is 3.04. The van der Waals surface area contributed by atoms with Gasteiger partial charge in [-0.25, -0.2) is 9.37 Å². The summed E-state index contributed by atoms with van der Waals surface area (Å²) in [5.74, 6) is 0.776. The smallest absolute Gasteiger partial charge is 0.183 e. The summed E-state index contributed by atoms with van der Waals surface area (Å²) in [5.41, 5.74) is 0.500. The third-order valence-corrected chi connectivity index (χ3v) is 3.93. The Hall–Kier alpha value is -3.02. The summed E-state index contributed by atoms with van der Waals surface area (Å²) in [6, 6.07) is 11.5. The Balaban J connectivity index is 1.76. The minimum absolute atomic E-state index is 0.447. The Morgan fingerprint density at radius 1 is 1.04 bits per heavy atom. The summed E-state index contributed by atoms with van der Waals surface area (Å²) in [5, 5.41) is 13.1. The number of aromatic nitrogens is 4. The first-order valence-corrected chi connectivity index (χ1v) is 7.67. The van der Waals surface area contributed by atoms with Crippen LogP contribution in [-0.4, -0.2) is 20.2 Å². The van der Waals surface area contributed by atoms with Crippen molar-refractivity contribution in [3.05, 3.63) is 54.5 Å². The van der Waals surface area contributed by atoms with Crippen LogP contribution < -0.4 is 5.32 Å². The largest absolute Gasteiger partial charge is 0.340 e. The van der Waals surface area contributed by atoms with Crippen LogP contribution in [0.3, 0.4) is 0 Å². The second kappa shape index (κ2) is 5.26. The van der Waals surface area contributed by atoms with Crippen molar-refractivity contribution in [1.82, 2.24) is 20.2 Å². The van der Waals surface area contributed by atoms with Gasteiger partial charge in [0.25, 0.3) is 0 Å². The standard InChI is InChI=1S/C18H16FN5/c1-18(2,19)15-13-6-5-12(10-11(13)7-9-20-15)22-17-14-4-3-8-21-16(14)23-24-17/h3-10H,1-2H3,(H2,21,22,23,24). The molecule has 6 heteroatoms. The van der Waals surface area contributed by atoms with E-state index in [1.165, 1.54) is 13.8 Å². The molecule has 1 aromatic carbocycles. The van der Waals surface area contributed by atoms with E-state index < -0.39 is 5.67 Å². The van der Waals surface area contributed by atoms with Crippen LogP contribution in [0.4, 0.5) is 15.9 Å². The molecular weight excluding hydrogens is 305 g/mol. The average molecular weight is 321 g/mol. The molecule has 5 nitrogen and oxygen atoms in total. The van der Waals surface area contributed by atoms with Crippen LogP contribution in [0.5, 0.6) is 0 Å². The number of anilines is 2. The number of pyridine rings is 2. The lowest BCUT2D eigenvalue weighted by molar-refractivity contribution is 0.217. The van der Waals surface area contributed by atoms with E-state index in [0.717, 1.165) is 27.7 Å². The van der Waals surface area contributed by atoms with Gasteiger partial charge in [0.1, 0.15) is 11.5 Å². The Kier molecular flexibility index (Phi) is 3.19. The van der Waals surface area contributed by atoms with Gasteiger partial charge in [0.05, 0.1) is 11.1 Å². The second-order valence-electron chi connectivity index (χ2n) is 6.17. The Labute approximate surface area is 137 Å². The van der Waals surface area contributed by atoms with Gasteiger partial charge < -0.3 is 5.32 Å². The lowest BCUT2D eigenvalue weighted by atomic mass is 9.99. The van der Waals surface area contributed by atoms with Gasteiger partial charge in [-0.3, -0.25) is 10.1 Å². The van der Waals surface area contributed by atoms with Crippen molar-refractivity contribution in [1.29, 1.82) is 0 Å². The first kappa shape index (κ1) is 14.6. The van der Waals surface area contributed by atoms with E-state index in [1.807, 2.05) is 36.4 Å². The zero-order chi connectivity index (χ0) is 16.7. The number of benzene rings is 1. The summed E-state index contributed by atoms with van der Waals surface area (Å²) < 4.78 is 14.3. The molecule has 3 aromatic heterocycles. The summed E-state index contributed by atoms with van der Waals surface area (Å²) in [7, 11) is 0. The number of rotatable bonds is 3. The van der Waals surface area contributed by atoms with Crippen LogP contribution in [0.1, 0.15) is 19.5 Å². The van der Waals surface area contributed by atoms with E-state index in [4.69, 9.17) is 0 Å². The number of halogens is 1. The van der Waals surface area contributed by atoms with Crippen LogP contribution in [0.25, 0.3) is 21.8 Å². The van der Waals surface area contributed by atoms with Gasteiger partial charge in [0.2, 0.25) is 0 Å². The Morgan fingerprint density at radius 3 is 2.75 bits per heavy atom. The molecule has 0 aliphatic carbocycles. The fourth-order valence-corrected chi connectivity index (χ4v) is 2.82. The summed E-state index contributed by atoms with van der Waals surface area (Å²) in [4.78, 5) is 8.40. The van der Waals surface area contributed by atoms with Gasteiger partial charge in [0.15, 0.2) is 5.65 Å². The van der Waals surface area contributed by atoms with E-state index in [1.54, 1.807) is 12.4 Å². The van der Waals surface area contributed by atoms with E-state index in [-0.39, 0.29) is 0 Å². The van der Waals surface area contributed by atoms with Crippen molar-refractivity contribution < 1.29 is 4.39 Å². The fraction of sp³-hybridized carbons (Fsp3) is 0.167. The van der Waals surface area contributed by atoms with E-state index in [0.29, 0.717) is 11.3 Å². The molecule has 24 heavy (non-hydrogen) atoms. The lowest BCUT2D eigenvalue weighted by Gasteiger charge is -2.16. The highest BCUT2D eigenvalue weighted by Crippen LogP contribution is 2.31. The van der Waals surface area contributed by atoms with Crippen LogP contribution >= 0.6 is 0 Å². The fourth-order valence-electron chi connectivity index (χ4n) is 2.82. The number of hydrogen-bond acceptors (Lipinski definition) is 4. The molecule has 3 heterocycles. The molecule has 0 amide bonds. The van der Waals surface area contributed by atoms with Gasteiger partial charge in [-0.1, -0.05) is 6.07 Å². The van der Waals surface area contributed by atoms with Crippen molar-refractivity contribution in [2.45, 2.75) is 19.5 Å². The quantitative estimate of drug-likeness (QED) is 0.585. The minimum atomic E-state index is -1.49. The molecule has 4 aromatic rings. The van der Waals surface area contributed by atoms with Crippen molar-refractivity contribution >= 4 is 33.3 Å². The van der Waals surface area contributed by atoms with Crippen molar-refractivity contribution in [2.24, 2.45) is 0 Å². The van der Waals surface area contributed by atoms with Crippen molar-refractivity contribution in [2.75, 3.05) is 5.32 Å². The Morgan fingerprint density at radius 2 is 1.92 bits per heavy atom. The molecule has 0 atom stereocenters. The van der Waals surface area contributed by atoms with Crippen LogP contribution in [0, 0.1) is 0 Å². The Bertz CT molecular complexity index is 1030. The minimum Gasteiger partial charge on any atom is -0.340 e. The number of alkyl halides is 1. The van der Waals surface area contributed by atoms with E-state index in [9.17, 15) is 4.39 Å². The third-order valence-electron chi connectivity index (χ3n) is 3.93. The van der Waals surface area contributed by atoms with Gasteiger partial charge in [-0.2, -0.15) is 5.10 Å². The predicted octanol–water partition coefficient (Wildman–Crippen LogP) is 4.45. The summed E-state index contributed by atoms with van der Waals surface area (Å²) in [6.07, 6.45) is 3.34. The maximum atomic E-state index is 14.3. The normalized spacial score (nSPS) is 12.0. The molecule has 0 fully saturated rings. The highest BCUT2D eigenvalue weighted by molar-refractivity contribution is 5.92. The highest BCUT2D eigenvalue weighted by atomic mass is 19.1. The maximum absolute atomic E-state index is 14.3. The molecule has 2 N–H and O–H groups in total. The molecule has 0 bridgehead atoms. The average Bonchev–Trinajstić information content (AvgIpc) is 2.96. The second-order valence-corrected chi connectivity index (χ2v) is 6.17. The number of H-pyrrole nitrogens is 1. The molecule has 0 saturated heterocycles. The summed E-state index contributed by atoms with van der Waals surface area (Å²) >= 11 is 0. The first-order chi connectivity index (χ1) is 11.5. The SMILES string of the molecule is CC(C)(F)c1nccc2cc(Nc3[nH]nc4ncccc34)ccc12. The lowest BCUT2D eigenvalue weighted by Crippen LogP contribution is -2.12. The van der Waals surface area contributed by atoms with Crippen LogP contribution in [0.15, 0.2) is 48.8 Å². The van der Waals surface area contributed by atoms with Crippen LogP contribution in [-0.2, 0) is 5.67 Å². The van der Waals surface area contributed by atoms with Gasteiger partial charge in [0, 0.05) is 23.5 Å². The monoisotopic (exact) mass is 321 g/mol. The molecule has 0 spiro atoms. The number of nitrogens with one attached hydrogen (secondary N) is 2.